The summed E-state index contributed by atoms with van der Waals surface area (Å²) >= 11 is 0. The van der Waals surface area contributed by atoms with Crippen LogP contribution in [0.2, 0.25) is 0 Å². The Morgan fingerprint density at radius 1 is 1.20 bits per heavy atom. The van der Waals surface area contributed by atoms with Gasteiger partial charge in [-0.3, -0.25) is 4.98 Å². The second-order valence-corrected chi connectivity index (χ2v) is 6.98. The van der Waals surface area contributed by atoms with Crippen molar-refractivity contribution < 1.29 is 5.11 Å². The topological polar surface area (TPSA) is 65.4 Å². The molecule has 132 valence electrons. The van der Waals surface area contributed by atoms with Crippen LogP contribution in [0.4, 0.5) is 11.6 Å². The third-order valence-corrected chi connectivity index (χ3v) is 5.13. The van der Waals surface area contributed by atoms with Crippen LogP contribution in [-0.2, 0) is 6.54 Å². The van der Waals surface area contributed by atoms with Gasteiger partial charge in [0.2, 0.25) is 0 Å². The van der Waals surface area contributed by atoms with Crippen molar-refractivity contribution in [3.05, 3.63) is 42.5 Å². The number of aromatic nitrogens is 3. The van der Waals surface area contributed by atoms with E-state index in [0.29, 0.717) is 6.04 Å². The number of nitrogens with zero attached hydrogens (tertiary/aromatic N) is 5. The summed E-state index contributed by atoms with van der Waals surface area (Å²) in [6.07, 6.45) is 11.2. The molecule has 0 bridgehead atoms. The van der Waals surface area contributed by atoms with Crippen molar-refractivity contribution >= 4 is 11.6 Å². The van der Waals surface area contributed by atoms with Crippen LogP contribution in [0.15, 0.2) is 36.9 Å². The molecule has 0 spiro atoms. The molecule has 25 heavy (non-hydrogen) atoms. The molecule has 1 aliphatic carbocycles. The average molecular weight is 339 g/mol. The maximum atomic E-state index is 9.69. The van der Waals surface area contributed by atoms with Crippen molar-refractivity contribution in [2.75, 3.05) is 23.0 Å². The van der Waals surface area contributed by atoms with Gasteiger partial charge in [0.15, 0.2) is 0 Å². The Bertz CT molecular complexity index is 691. The monoisotopic (exact) mass is 339 g/mol. The maximum absolute atomic E-state index is 9.69. The largest absolute Gasteiger partial charge is 0.394 e. The number of anilines is 2. The SMILES string of the molecule is OCC1CCCCN1c1cc(N(Cc2cccnc2)C2CC2)ncn1. The summed E-state index contributed by atoms with van der Waals surface area (Å²) in [6.45, 7) is 1.95. The Kier molecular flexibility index (Phi) is 4.78. The van der Waals surface area contributed by atoms with E-state index < -0.39 is 0 Å². The quantitative estimate of drug-likeness (QED) is 0.872. The van der Waals surface area contributed by atoms with Crippen LogP contribution in [0, 0.1) is 0 Å². The molecule has 0 amide bonds. The Morgan fingerprint density at radius 3 is 2.88 bits per heavy atom. The third kappa shape index (κ3) is 3.74. The van der Waals surface area contributed by atoms with Gasteiger partial charge < -0.3 is 14.9 Å². The first-order chi connectivity index (χ1) is 12.3. The predicted molar refractivity (Wildman–Crippen MR) is 97.5 cm³/mol. The second kappa shape index (κ2) is 7.35. The second-order valence-electron chi connectivity index (χ2n) is 6.98. The first-order valence-electron chi connectivity index (χ1n) is 9.20. The molecule has 1 saturated heterocycles. The molecule has 2 aromatic heterocycles. The normalized spacial score (nSPS) is 20.5. The highest BCUT2D eigenvalue weighted by Gasteiger charge is 2.31. The Hall–Kier alpha value is -2.21. The average Bonchev–Trinajstić information content (AvgIpc) is 3.52. The van der Waals surface area contributed by atoms with E-state index in [4.69, 9.17) is 0 Å². The van der Waals surface area contributed by atoms with Crippen molar-refractivity contribution in [1.29, 1.82) is 0 Å². The number of pyridine rings is 1. The molecule has 1 aliphatic heterocycles. The molecule has 2 aromatic rings. The molecule has 3 heterocycles. The lowest BCUT2D eigenvalue weighted by Crippen LogP contribution is -2.42. The van der Waals surface area contributed by atoms with E-state index >= 15 is 0 Å². The number of rotatable bonds is 6. The first kappa shape index (κ1) is 16.3. The number of piperidine rings is 1. The Labute approximate surface area is 148 Å². The van der Waals surface area contributed by atoms with E-state index in [9.17, 15) is 5.11 Å². The number of hydrogen-bond donors (Lipinski definition) is 1. The molecule has 4 rings (SSSR count). The number of hydrogen-bond acceptors (Lipinski definition) is 6. The van der Waals surface area contributed by atoms with Crippen molar-refractivity contribution in [2.24, 2.45) is 0 Å². The van der Waals surface area contributed by atoms with Crippen LogP contribution in [0.3, 0.4) is 0 Å². The highest BCUT2D eigenvalue weighted by Crippen LogP contribution is 2.33. The summed E-state index contributed by atoms with van der Waals surface area (Å²) in [4.78, 5) is 17.9. The molecule has 0 radical (unpaired) electrons. The molecule has 6 nitrogen and oxygen atoms in total. The van der Waals surface area contributed by atoms with Gasteiger partial charge >= 0.3 is 0 Å². The zero-order chi connectivity index (χ0) is 17.1. The lowest BCUT2D eigenvalue weighted by Gasteiger charge is -2.36. The molecule has 1 atom stereocenters. The van der Waals surface area contributed by atoms with Gasteiger partial charge in [0.05, 0.1) is 12.6 Å². The van der Waals surface area contributed by atoms with Crippen molar-refractivity contribution in [3.8, 4) is 0 Å². The summed E-state index contributed by atoms with van der Waals surface area (Å²) in [5.41, 5.74) is 1.20. The van der Waals surface area contributed by atoms with Crippen molar-refractivity contribution in [3.63, 3.8) is 0 Å². The van der Waals surface area contributed by atoms with Crippen LogP contribution < -0.4 is 9.80 Å². The van der Waals surface area contributed by atoms with Crippen LogP contribution >= 0.6 is 0 Å². The molecule has 1 unspecified atom stereocenters. The minimum absolute atomic E-state index is 0.171. The fourth-order valence-electron chi connectivity index (χ4n) is 3.62. The minimum atomic E-state index is 0.171. The zero-order valence-electron chi connectivity index (χ0n) is 14.5. The molecule has 1 N–H and O–H groups in total. The highest BCUT2D eigenvalue weighted by atomic mass is 16.3. The molecule has 2 aliphatic rings. The van der Waals surface area contributed by atoms with E-state index in [1.807, 2.05) is 12.3 Å². The Morgan fingerprint density at radius 2 is 2.12 bits per heavy atom. The summed E-state index contributed by atoms with van der Waals surface area (Å²) in [6, 6.07) is 6.90. The molecule has 2 fully saturated rings. The van der Waals surface area contributed by atoms with E-state index in [1.165, 1.54) is 24.8 Å². The fraction of sp³-hybridized carbons (Fsp3) is 0.526. The molecule has 0 aromatic carbocycles. The predicted octanol–water partition coefficient (Wildman–Crippen LogP) is 2.39. The van der Waals surface area contributed by atoms with Crippen molar-refractivity contribution in [2.45, 2.75) is 50.7 Å². The van der Waals surface area contributed by atoms with Gasteiger partial charge in [-0.15, -0.1) is 0 Å². The lowest BCUT2D eigenvalue weighted by molar-refractivity contribution is 0.239. The third-order valence-electron chi connectivity index (χ3n) is 5.13. The van der Waals surface area contributed by atoms with Crippen LogP contribution in [0.25, 0.3) is 0 Å². The molecular formula is C19H25N5O. The zero-order valence-corrected chi connectivity index (χ0v) is 14.5. The van der Waals surface area contributed by atoms with Gasteiger partial charge in [-0.25, -0.2) is 9.97 Å². The van der Waals surface area contributed by atoms with E-state index in [-0.39, 0.29) is 12.6 Å². The van der Waals surface area contributed by atoms with E-state index in [2.05, 4.69) is 36.9 Å². The molecule has 6 heteroatoms. The standard InChI is InChI=1S/C19H25N5O/c25-13-17-5-1-2-9-23(17)18-10-19(22-14-21-18)24(16-6-7-16)12-15-4-3-8-20-11-15/h3-4,8,10-11,14,16-17,25H,1-2,5-7,9,12-13H2. The van der Waals surface area contributed by atoms with Crippen LogP contribution in [-0.4, -0.2) is 45.3 Å². The van der Waals surface area contributed by atoms with Crippen molar-refractivity contribution in [1.82, 2.24) is 15.0 Å². The smallest absolute Gasteiger partial charge is 0.134 e. The Balaban J connectivity index is 1.58. The van der Waals surface area contributed by atoms with Gasteiger partial charge in [0, 0.05) is 37.6 Å². The van der Waals surface area contributed by atoms with Gasteiger partial charge in [0.1, 0.15) is 18.0 Å². The molecule has 1 saturated carbocycles. The first-order valence-corrected chi connectivity index (χ1v) is 9.20. The highest BCUT2D eigenvalue weighted by molar-refractivity contribution is 5.52. The minimum Gasteiger partial charge on any atom is -0.394 e. The van der Waals surface area contributed by atoms with E-state index in [1.54, 1.807) is 12.5 Å². The lowest BCUT2D eigenvalue weighted by atomic mass is 10.0. The molecular weight excluding hydrogens is 314 g/mol. The number of aliphatic hydroxyl groups is 1. The summed E-state index contributed by atoms with van der Waals surface area (Å²) < 4.78 is 0. The summed E-state index contributed by atoms with van der Waals surface area (Å²) in [7, 11) is 0. The van der Waals surface area contributed by atoms with Gasteiger partial charge in [-0.1, -0.05) is 6.07 Å². The van der Waals surface area contributed by atoms with Gasteiger partial charge in [-0.05, 0) is 43.7 Å². The van der Waals surface area contributed by atoms with Crippen LogP contribution in [0.1, 0.15) is 37.7 Å². The number of aliphatic hydroxyl groups excluding tert-OH is 1. The van der Waals surface area contributed by atoms with E-state index in [0.717, 1.165) is 37.6 Å². The van der Waals surface area contributed by atoms with Gasteiger partial charge in [-0.2, -0.15) is 0 Å². The van der Waals surface area contributed by atoms with Gasteiger partial charge in [0.25, 0.3) is 0 Å². The van der Waals surface area contributed by atoms with Crippen LogP contribution in [0.5, 0.6) is 0 Å². The summed E-state index contributed by atoms with van der Waals surface area (Å²) in [5.74, 6) is 1.90. The maximum Gasteiger partial charge on any atom is 0.134 e. The fourth-order valence-corrected chi connectivity index (χ4v) is 3.62. The summed E-state index contributed by atoms with van der Waals surface area (Å²) in [5, 5.41) is 9.69.